The van der Waals surface area contributed by atoms with Crippen LogP contribution in [0.2, 0.25) is 0 Å². The maximum Gasteiger partial charge on any atom is 0.226 e. The Morgan fingerprint density at radius 3 is 3.10 bits per heavy atom. The lowest BCUT2D eigenvalue weighted by Gasteiger charge is -2.02. The van der Waals surface area contributed by atoms with Crippen LogP contribution in [0.15, 0.2) is 33.9 Å². The second-order valence-electron chi connectivity index (χ2n) is 4.31. The Kier molecular flexibility index (Phi) is 4.97. The molecule has 2 aromatic rings. The van der Waals surface area contributed by atoms with Crippen LogP contribution in [0, 0.1) is 0 Å². The highest BCUT2D eigenvalue weighted by molar-refractivity contribution is 5.86. The van der Waals surface area contributed by atoms with Gasteiger partial charge in [-0.2, -0.15) is 0 Å². The van der Waals surface area contributed by atoms with Gasteiger partial charge < -0.3 is 9.84 Å². The van der Waals surface area contributed by atoms with E-state index in [4.69, 9.17) is 10.1 Å². The molecule has 1 aromatic heterocycles. The maximum absolute atomic E-state index is 11.8. The highest BCUT2D eigenvalue weighted by Gasteiger charge is 2.11. The van der Waals surface area contributed by atoms with Crippen LogP contribution < -0.4 is 5.32 Å². The fourth-order valence-electron chi connectivity index (χ4n) is 1.86. The molecule has 1 heterocycles. The highest BCUT2D eigenvalue weighted by Crippen LogP contribution is 2.17. The number of fused-ring (bicyclic) bond motifs is 1. The number of hydrogen-bond acceptors (Lipinski definition) is 4. The molecule has 7 heteroatoms. The lowest BCUT2D eigenvalue weighted by molar-refractivity contribution is -0.120. The average molecular weight is 273 g/mol. The second-order valence-corrected chi connectivity index (χ2v) is 4.31. The van der Waals surface area contributed by atoms with Crippen LogP contribution in [-0.4, -0.2) is 24.2 Å². The van der Waals surface area contributed by atoms with Crippen molar-refractivity contribution in [2.45, 2.75) is 19.3 Å². The van der Waals surface area contributed by atoms with E-state index in [1.54, 1.807) is 0 Å². The molecule has 104 valence electrons. The molecule has 20 heavy (non-hydrogen) atoms. The molecule has 0 aliphatic carbocycles. The Balaban J connectivity index is 1.78. The summed E-state index contributed by atoms with van der Waals surface area (Å²) in [4.78, 5) is 14.4. The van der Waals surface area contributed by atoms with Crippen molar-refractivity contribution in [3.63, 3.8) is 0 Å². The molecule has 0 fully saturated rings. The van der Waals surface area contributed by atoms with Crippen molar-refractivity contribution in [3.05, 3.63) is 40.4 Å². The lowest BCUT2D eigenvalue weighted by atomic mass is 10.1. The number of para-hydroxylation sites is 1. The van der Waals surface area contributed by atoms with Crippen LogP contribution >= 0.6 is 0 Å². The molecule has 1 aromatic carbocycles. The van der Waals surface area contributed by atoms with Gasteiger partial charge in [0.2, 0.25) is 5.91 Å². The SMILES string of the molecule is [N-]=[N+]=NCCCCNC(=O)Cc1noc2ccccc12. The third-order valence-electron chi connectivity index (χ3n) is 2.85. The number of rotatable bonds is 7. The predicted octanol–water partition coefficient (Wildman–Crippen LogP) is 2.58. The summed E-state index contributed by atoms with van der Waals surface area (Å²) in [7, 11) is 0. The van der Waals surface area contributed by atoms with E-state index in [0.717, 1.165) is 18.2 Å². The molecule has 1 N–H and O–H groups in total. The topological polar surface area (TPSA) is 104 Å². The molecular formula is C13H15N5O2. The Labute approximate surface area is 115 Å². The summed E-state index contributed by atoms with van der Waals surface area (Å²) < 4.78 is 5.14. The number of azide groups is 1. The van der Waals surface area contributed by atoms with Gasteiger partial charge in [-0.1, -0.05) is 22.4 Å². The molecule has 7 nitrogen and oxygen atoms in total. The molecule has 0 radical (unpaired) electrons. The molecule has 2 rings (SSSR count). The summed E-state index contributed by atoms with van der Waals surface area (Å²) in [6, 6.07) is 7.45. The fourth-order valence-corrected chi connectivity index (χ4v) is 1.86. The Morgan fingerprint density at radius 1 is 1.40 bits per heavy atom. The first kappa shape index (κ1) is 13.9. The summed E-state index contributed by atoms with van der Waals surface area (Å²) in [6.07, 6.45) is 1.74. The minimum absolute atomic E-state index is 0.0900. The Hall–Kier alpha value is -2.53. The quantitative estimate of drug-likeness (QED) is 0.363. The first-order valence-corrected chi connectivity index (χ1v) is 6.42. The normalized spacial score (nSPS) is 10.2. The summed E-state index contributed by atoms with van der Waals surface area (Å²) in [6.45, 7) is 1.02. The molecular weight excluding hydrogens is 258 g/mol. The maximum atomic E-state index is 11.8. The number of benzene rings is 1. The van der Waals surface area contributed by atoms with Crippen LogP contribution in [0.25, 0.3) is 21.4 Å². The summed E-state index contributed by atoms with van der Waals surface area (Å²) in [5.41, 5.74) is 9.44. The zero-order chi connectivity index (χ0) is 14.2. The monoisotopic (exact) mass is 273 g/mol. The number of amides is 1. The van der Waals surface area contributed by atoms with Crippen molar-refractivity contribution in [1.82, 2.24) is 10.5 Å². The van der Waals surface area contributed by atoms with Crippen LogP contribution in [0.4, 0.5) is 0 Å². The molecule has 0 aliphatic rings. The van der Waals surface area contributed by atoms with Crippen LogP contribution in [0.1, 0.15) is 18.5 Å². The van der Waals surface area contributed by atoms with Gasteiger partial charge in [0, 0.05) is 23.4 Å². The van der Waals surface area contributed by atoms with Gasteiger partial charge in [0.05, 0.1) is 6.42 Å². The van der Waals surface area contributed by atoms with Crippen molar-refractivity contribution in [1.29, 1.82) is 0 Å². The van der Waals surface area contributed by atoms with Gasteiger partial charge in [0.15, 0.2) is 5.58 Å². The van der Waals surface area contributed by atoms with Gasteiger partial charge in [0.1, 0.15) is 5.69 Å². The van der Waals surface area contributed by atoms with Gasteiger partial charge in [-0.25, -0.2) is 0 Å². The largest absolute Gasteiger partial charge is 0.356 e. The standard InChI is InChI=1S/C13H15N5O2/c14-18-16-8-4-3-7-15-13(19)9-11-10-5-1-2-6-12(10)20-17-11/h1-2,5-6H,3-4,7-9H2,(H,15,19). The summed E-state index contributed by atoms with van der Waals surface area (Å²) in [5, 5.41) is 11.0. The molecule has 0 saturated heterocycles. The van der Waals surface area contributed by atoms with Gasteiger partial charge >= 0.3 is 0 Å². The van der Waals surface area contributed by atoms with Crippen LogP contribution in [0.3, 0.4) is 0 Å². The molecule has 0 atom stereocenters. The van der Waals surface area contributed by atoms with E-state index < -0.39 is 0 Å². The van der Waals surface area contributed by atoms with E-state index in [9.17, 15) is 4.79 Å². The zero-order valence-electron chi connectivity index (χ0n) is 11.0. The van der Waals surface area contributed by atoms with Crippen LogP contribution in [-0.2, 0) is 11.2 Å². The van der Waals surface area contributed by atoms with E-state index in [1.165, 1.54) is 0 Å². The number of unbranched alkanes of at least 4 members (excludes halogenated alkanes) is 1. The molecule has 0 saturated carbocycles. The van der Waals surface area contributed by atoms with E-state index >= 15 is 0 Å². The number of carbonyl (C=O) groups is 1. The first-order valence-electron chi connectivity index (χ1n) is 6.42. The van der Waals surface area contributed by atoms with E-state index in [1.807, 2.05) is 24.3 Å². The van der Waals surface area contributed by atoms with E-state index in [-0.39, 0.29) is 12.3 Å². The van der Waals surface area contributed by atoms with Crippen LogP contribution in [0.5, 0.6) is 0 Å². The smallest absolute Gasteiger partial charge is 0.226 e. The Bertz CT molecular complexity index is 630. The second kappa shape index (κ2) is 7.16. The minimum atomic E-state index is -0.0900. The molecule has 1 amide bonds. The minimum Gasteiger partial charge on any atom is -0.356 e. The van der Waals surface area contributed by atoms with Gasteiger partial charge in [0.25, 0.3) is 0 Å². The number of aromatic nitrogens is 1. The molecule has 0 aliphatic heterocycles. The van der Waals surface area contributed by atoms with Gasteiger partial charge in [-0.3, -0.25) is 4.79 Å². The number of nitrogens with zero attached hydrogens (tertiary/aromatic N) is 4. The highest BCUT2D eigenvalue weighted by atomic mass is 16.5. The van der Waals surface area contributed by atoms with Crippen molar-refractivity contribution < 1.29 is 9.32 Å². The number of carbonyl (C=O) groups excluding carboxylic acids is 1. The van der Waals surface area contributed by atoms with Crippen molar-refractivity contribution >= 4 is 16.9 Å². The van der Waals surface area contributed by atoms with Gasteiger partial charge in [-0.15, -0.1) is 0 Å². The average Bonchev–Trinajstić information content (AvgIpc) is 2.86. The van der Waals surface area contributed by atoms with E-state index in [2.05, 4.69) is 20.5 Å². The van der Waals surface area contributed by atoms with Crippen molar-refractivity contribution in [3.8, 4) is 0 Å². The van der Waals surface area contributed by atoms with Crippen molar-refractivity contribution in [2.75, 3.05) is 13.1 Å². The number of nitrogens with one attached hydrogen (secondary N) is 1. The predicted molar refractivity (Wildman–Crippen MR) is 74.0 cm³/mol. The fraction of sp³-hybridized carbons (Fsp3) is 0.385. The number of hydrogen-bond donors (Lipinski definition) is 1. The molecule has 0 bridgehead atoms. The summed E-state index contributed by atoms with van der Waals surface area (Å²) >= 11 is 0. The zero-order valence-corrected chi connectivity index (χ0v) is 11.0. The van der Waals surface area contributed by atoms with Crippen molar-refractivity contribution in [2.24, 2.45) is 5.11 Å². The summed E-state index contributed by atoms with van der Waals surface area (Å²) in [5.74, 6) is -0.0900. The van der Waals surface area contributed by atoms with Gasteiger partial charge in [-0.05, 0) is 30.5 Å². The lowest BCUT2D eigenvalue weighted by Crippen LogP contribution is -2.26. The van der Waals surface area contributed by atoms with E-state index in [0.29, 0.717) is 24.4 Å². The molecule has 0 unspecified atom stereocenters. The molecule has 0 spiro atoms. The Morgan fingerprint density at radius 2 is 2.25 bits per heavy atom. The first-order chi connectivity index (χ1) is 9.81. The third kappa shape index (κ3) is 3.73. The third-order valence-corrected chi connectivity index (χ3v) is 2.85.